The van der Waals surface area contributed by atoms with Gasteiger partial charge in [-0.2, -0.15) is 0 Å². The molecule has 3 aromatic heterocycles. The molecule has 0 bridgehead atoms. The van der Waals surface area contributed by atoms with Crippen LogP contribution in [0.3, 0.4) is 0 Å². The number of carbonyl (C=O) groups excluding carboxylic acids is 7. The number of benzene rings is 4. The zero-order valence-corrected chi connectivity index (χ0v) is 51.1. The maximum Gasteiger partial charge on any atom is 0.416 e. The second-order valence-electron chi connectivity index (χ2n) is 23.3. The fourth-order valence-corrected chi connectivity index (χ4v) is 11.3. The lowest BCUT2D eigenvalue weighted by atomic mass is 10.0. The summed E-state index contributed by atoms with van der Waals surface area (Å²) < 4.78 is 35.6. The topological polar surface area (TPSA) is 287 Å². The molecule has 23 heteroatoms. The van der Waals surface area contributed by atoms with Gasteiger partial charge in [-0.3, -0.25) is 33.3 Å². The zero-order chi connectivity index (χ0) is 64.1. The van der Waals surface area contributed by atoms with Crippen LogP contribution in [0.2, 0.25) is 0 Å². The molecule has 5 N–H and O–H groups in total. The normalized spacial score (nSPS) is 17.1. The largest absolute Gasteiger partial charge is 0.493 e. The van der Waals surface area contributed by atoms with Gasteiger partial charge in [-0.1, -0.05) is 74.5 Å². The number of nitrogens with zero attached hydrogens (tertiary/aromatic N) is 6. The molecule has 7 aromatic rings. The van der Waals surface area contributed by atoms with Crippen LogP contribution in [0.1, 0.15) is 118 Å². The van der Waals surface area contributed by atoms with Crippen molar-refractivity contribution < 1.29 is 67.1 Å². The summed E-state index contributed by atoms with van der Waals surface area (Å²) in [5.74, 6) is -2.40. The predicted molar refractivity (Wildman–Crippen MR) is 332 cm³/mol. The fraction of sp³-hybridized carbons (Fsp3) is 0.358. The number of nitrogens with two attached hydrogens (primary N) is 1. The van der Waals surface area contributed by atoms with Gasteiger partial charge in [0, 0.05) is 82.1 Å². The molecule has 0 aliphatic carbocycles. The molecule has 23 nitrogen and oxygen atoms in total. The van der Waals surface area contributed by atoms with Crippen molar-refractivity contribution in [2.75, 3.05) is 37.1 Å². The van der Waals surface area contributed by atoms with E-state index >= 15 is 0 Å². The lowest BCUT2D eigenvalue weighted by Crippen LogP contribution is -2.54. The number of fused-ring (bicyclic) bond motifs is 3. The predicted octanol–water partition coefficient (Wildman–Crippen LogP) is 8.40. The number of ketones is 2. The average molecular weight is 1230 g/mol. The van der Waals surface area contributed by atoms with E-state index in [0.29, 0.717) is 47.2 Å². The summed E-state index contributed by atoms with van der Waals surface area (Å²) in [4.78, 5) is 115. The molecule has 1 unspecified atom stereocenters. The van der Waals surface area contributed by atoms with E-state index in [-0.39, 0.29) is 121 Å². The number of hydrogen-bond acceptors (Lipinski definition) is 15. The number of rotatable bonds is 23. The minimum absolute atomic E-state index is 0.00452. The lowest BCUT2D eigenvalue weighted by Gasteiger charge is -2.38. The first-order chi connectivity index (χ1) is 43.1. The number of anilines is 2. The number of hydrogen-bond donors (Lipinski definition) is 4. The molecular weight excluding hydrogens is 1150 g/mol. The third kappa shape index (κ3) is 14.1. The first-order valence-electron chi connectivity index (χ1n) is 29.9. The number of ether oxygens (including phenoxy) is 5. The van der Waals surface area contributed by atoms with Gasteiger partial charge < -0.3 is 59.2 Å². The number of aromatic nitrogens is 4. The number of carbonyl (C=O) groups is 8. The first kappa shape index (κ1) is 63.3. The highest BCUT2D eigenvalue weighted by molar-refractivity contribution is 6.07. The van der Waals surface area contributed by atoms with Crippen LogP contribution in [0.4, 0.5) is 16.3 Å². The number of carboxylic acids is 1. The second-order valence-corrected chi connectivity index (χ2v) is 23.3. The number of Topliss-reactive ketones (excluding diaryl/α,β-unsaturated/α-hetero) is 2. The van der Waals surface area contributed by atoms with E-state index in [0.717, 1.165) is 35.1 Å². The molecule has 2 saturated heterocycles. The van der Waals surface area contributed by atoms with Gasteiger partial charge in [0.2, 0.25) is 17.6 Å². The molecule has 3 aliphatic heterocycles. The Balaban J connectivity index is 0.773. The molecule has 4 amide bonds. The van der Waals surface area contributed by atoms with Gasteiger partial charge in [0.25, 0.3) is 11.8 Å². The van der Waals surface area contributed by atoms with Crippen molar-refractivity contribution in [3.05, 3.63) is 161 Å². The van der Waals surface area contributed by atoms with Crippen LogP contribution in [0, 0.1) is 5.92 Å². The Morgan fingerprint density at radius 3 is 2.30 bits per heavy atom. The van der Waals surface area contributed by atoms with Gasteiger partial charge in [0.05, 0.1) is 54.2 Å². The van der Waals surface area contributed by atoms with Gasteiger partial charge in [0.1, 0.15) is 12.3 Å². The molecule has 0 spiro atoms. The fourth-order valence-electron chi connectivity index (χ4n) is 11.3. The molecule has 2 fully saturated rings. The number of aromatic carboxylic acids is 1. The zero-order valence-electron chi connectivity index (χ0n) is 51.1. The van der Waals surface area contributed by atoms with Crippen molar-refractivity contribution in [1.29, 1.82) is 0 Å². The van der Waals surface area contributed by atoms with E-state index in [1.165, 1.54) is 40.8 Å². The lowest BCUT2D eigenvalue weighted by molar-refractivity contribution is -0.195. The highest BCUT2D eigenvalue weighted by atomic mass is 16.7. The first-order valence-corrected chi connectivity index (χ1v) is 29.9. The molecule has 10 rings (SSSR count). The van der Waals surface area contributed by atoms with Crippen molar-refractivity contribution >= 4 is 69.7 Å². The van der Waals surface area contributed by atoms with Crippen molar-refractivity contribution in [1.82, 2.24) is 28.9 Å². The van der Waals surface area contributed by atoms with Crippen molar-refractivity contribution in [2.45, 2.75) is 109 Å². The maximum atomic E-state index is 14.8. The van der Waals surface area contributed by atoms with E-state index in [9.17, 15) is 43.5 Å². The molecule has 4 aromatic carbocycles. The average Bonchev–Trinajstić information content (AvgIpc) is 1.58. The van der Waals surface area contributed by atoms with Crippen LogP contribution in [0.15, 0.2) is 122 Å². The Hall–Kier alpha value is -9.71. The maximum absolute atomic E-state index is 14.8. The Labute approximate surface area is 519 Å². The Morgan fingerprint density at radius 2 is 1.59 bits per heavy atom. The number of carboxylic acid groups (broad SMARTS) is 1. The molecule has 0 saturated carbocycles. The summed E-state index contributed by atoms with van der Waals surface area (Å²) >= 11 is 0. The monoisotopic (exact) mass is 1230 g/mol. The summed E-state index contributed by atoms with van der Waals surface area (Å²) in [5, 5.41) is 15.5. The van der Waals surface area contributed by atoms with Crippen LogP contribution in [0.25, 0.3) is 22.0 Å². The molecule has 3 aliphatic rings. The van der Waals surface area contributed by atoms with Gasteiger partial charge in [0.15, 0.2) is 41.4 Å². The summed E-state index contributed by atoms with van der Waals surface area (Å²) in [6.07, 6.45) is 5.25. The Morgan fingerprint density at radius 1 is 0.856 bits per heavy atom. The molecule has 0 radical (unpaired) electrons. The highest BCUT2D eigenvalue weighted by Crippen LogP contribution is 2.43. The van der Waals surface area contributed by atoms with Gasteiger partial charge in [-0.25, -0.2) is 19.5 Å². The molecule has 90 heavy (non-hydrogen) atoms. The van der Waals surface area contributed by atoms with E-state index in [1.54, 1.807) is 89.9 Å². The highest BCUT2D eigenvalue weighted by Gasteiger charge is 2.49. The summed E-state index contributed by atoms with van der Waals surface area (Å²) in [7, 11) is 4.86. The van der Waals surface area contributed by atoms with Crippen molar-refractivity contribution in [3.8, 4) is 22.6 Å². The summed E-state index contributed by atoms with van der Waals surface area (Å²) in [6, 6.07) is 23.3. The summed E-state index contributed by atoms with van der Waals surface area (Å²) in [5.41, 5.74) is 11.8. The van der Waals surface area contributed by atoms with E-state index in [2.05, 4.69) is 22.2 Å². The van der Waals surface area contributed by atoms with Crippen LogP contribution < -0.4 is 30.7 Å². The van der Waals surface area contributed by atoms with Crippen LogP contribution >= 0.6 is 0 Å². The third-order valence-corrected chi connectivity index (χ3v) is 16.4. The van der Waals surface area contributed by atoms with E-state index in [4.69, 9.17) is 29.4 Å². The van der Waals surface area contributed by atoms with E-state index in [1.807, 2.05) is 44.3 Å². The number of aryl methyl sites for hydroxylation is 2. The SMILES string of the molecule is C=C1C[C@H]2[C@H](OC3CCCCO3)N(C(=O)OCc3ccc(CC(=O)[C@H](C)NC(=O)[C@@H](N)C(C)C)cc3)c3cc(OCCCC(=O)Nc4cn(C)c(C(=O)Cc5ccc(-c6cc(C(=O)n7ccc8cc(C(=O)O)ccc87)n(C)c6)cc5)n4)c(OC)cc3C(=O)N2C1. The molecular formula is C67H73N9O14. The number of methoxy groups -OCH3 is 1. The van der Waals surface area contributed by atoms with Crippen molar-refractivity contribution in [2.24, 2.45) is 25.7 Å². The van der Waals surface area contributed by atoms with Gasteiger partial charge in [-0.15, -0.1) is 0 Å². The summed E-state index contributed by atoms with van der Waals surface area (Å²) in [6.45, 7) is 9.97. The number of amides is 4. The molecule has 6 heterocycles. The quantitative estimate of drug-likeness (QED) is 0.0266. The minimum Gasteiger partial charge on any atom is -0.493 e. The second kappa shape index (κ2) is 27.4. The Bertz CT molecular complexity index is 3910. The van der Waals surface area contributed by atoms with Gasteiger partial charge in [-0.05, 0) is 104 Å². The third-order valence-electron chi connectivity index (χ3n) is 16.4. The van der Waals surface area contributed by atoms with E-state index < -0.39 is 48.6 Å². The number of nitrogens with one attached hydrogen (secondary N) is 2. The van der Waals surface area contributed by atoms with Gasteiger partial charge >= 0.3 is 12.1 Å². The smallest absolute Gasteiger partial charge is 0.416 e. The van der Waals surface area contributed by atoms with Crippen LogP contribution in [-0.4, -0.2) is 133 Å². The standard InChI is InChI=1S/C67H73N9O14/c1-38(2)60(68)62(80)69-40(4)53(77)28-41-13-15-43(16-14-41)37-89-67(85)76-50-33-56(55(86-7)32-48(50)63(81)75-34-39(3)27-52(75)65(76)90-59-12-8-9-25-88-59)87-26-10-11-58(79)70-57-36-73(6)61(71-57)54(78)29-42-17-19-44(20-18-42)47-31-51(72(5)35-47)64(82)74-24-23-45-30-46(66(83)84)21-22-49(45)74/h13-24,30-33,35-36,38,40,52,59-60,65H,3,8-12,25-29,34,37,68H2,1-2,4-7H3,(H,69,80)(H,70,79)(H,83,84)/t40-,52-,59?,60-,65-/m0/s1. The van der Waals surface area contributed by atoms with Crippen LogP contribution in [-0.2, 0) is 62.1 Å². The Kier molecular flexibility index (Phi) is 19.2. The number of imidazole rings is 1. The van der Waals surface area contributed by atoms with Crippen molar-refractivity contribution in [3.63, 3.8) is 0 Å². The minimum atomic E-state index is -1.09. The molecule has 470 valence electrons. The molecule has 5 atom stereocenters. The van der Waals surface area contributed by atoms with Crippen LogP contribution in [0.5, 0.6) is 11.5 Å².